The molecular formula is C10H7ClN2O3. The summed E-state index contributed by atoms with van der Waals surface area (Å²) in [5.41, 5.74) is 0.576. The van der Waals surface area contributed by atoms with E-state index in [4.69, 9.17) is 16.0 Å². The van der Waals surface area contributed by atoms with Crippen molar-refractivity contribution < 1.29 is 13.9 Å². The molecule has 0 saturated carbocycles. The van der Waals surface area contributed by atoms with Crippen LogP contribution < -0.4 is 0 Å². The quantitative estimate of drug-likeness (QED) is 0.751. The lowest BCUT2D eigenvalue weighted by Gasteiger charge is -1.96. The SMILES string of the molecule is COC(=O)c1nnc(-c2ccccc2Cl)o1. The third-order valence-electron chi connectivity index (χ3n) is 1.89. The third-order valence-corrected chi connectivity index (χ3v) is 2.22. The van der Waals surface area contributed by atoms with Gasteiger partial charge in [-0.1, -0.05) is 23.7 Å². The number of aromatic nitrogens is 2. The van der Waals surface area contributed by atoms with Gasteiger partial charge in [-0.2, -0.15) is 0 Å². The Morgan fingerprint density at radius 2 is 2.12 bits per heavy atom. The Hall–Kier alpha value is -1.88. The summed E-state index contributed by atoms with van der Waals surface area (Å²) >= 11 is 5.94. The first-order valence-electron chi connectivity index (χ1n) is 4.39. The number of benzene rings is 1. The molecule has 5 nitrogen and oxygen atoms in total. The number of nitrogens with zero attached hydrogens (tertiary/aromatic N) is 2. The molecule has 0 saturated heterocycles. The van der Waals surface area contributed by atoms with Crippen molar-refractivity contribution in [2.75, 3.05) is 7.11 Å². The van der Waals surface area contributed by atoms with Crippen molar-refractivity contribution in [2.45, 2.75) is 0 Å². The van der Waals surface area contributed by atoms with E-state index in [-0.39, 0.29) is 11.8 Å². The molecule has 0 unspecified atom stereocenters. The zero-order valence-corrected chi connectivity index (χ0v) is 9.06. The van der Waals surface area contributed by atoms with E-state index in [0.29, 0.717) is 10.6 Å². The second-order valence-corrected chi connectivity index (χ2v) is 3.29. The van der Waals surface area contributed by atoms with Crippen LogP contribution in [0, 0.1) is 0 Å². The van der Waals surface area contributed by atoms with Crippen LogP contribution in [0.4, 0.5) is 0 Å². The number of halogens is 1. The summed E-state index contributed by atoms with van der Waals surface area (Å²) in [5, 5.41) is 7.74. The highest BCUT2D eigenvalue weighted by molar-refractivity contribution is 6.33. The Morgan fingerprint density at radius 3 is 2.81 bits per heavy atom. The number of hydrogen-bond acceptors (Lipinski definition) is 5. The molecule has 1 aromatic carbocycles. The minimum Gasteiger partial charge on any atom is -0.462 e. The van der Waals surface area contributed by atoms with Gasteiger partial charge in [-0.15, -0.1) is 10.2 Å². The Balaban J connectivity index is 2.39. The number of carbonyl (C=O) groups is 1. The van der Waals surface area contributed by atoms with E-state index in [9.17, 15) is 4.79 Å². The molecular weight excluding hydrogens is 232 g/mol. The van der Waals surface area contributed by atoms with Gasteiger partial charge in [0.05, 0.1) is 17.7 Å². The van der Waals surface area contributed by atoms with Gasteiger partial charge < -0.3 is 9.15 Å². The molecule has 0 aliphatic rings. The van der Waals surface area contributed by atoms with Gasteiger partial charge in [-0.05, 0) is 12.1 Å². The number of esters is 1. The number of methoxy groups -OCH3 is 1. The van der Waals surface area contributed by atoms with Crippen molar-refractivity contribution in [1.82, 2.24) is 10.2 Å². The first-order chi connectivity index (χ1) is 7.72. The summed E-state index contributed by atoms with van der Waals surface area (Å²) < 4.78 is 9.57. The predicted octanol–water partition coefficient (Wildman–Crippen LogP) is 2.18. The van der Waals surface area contributed by atoms with Gasteiger partial charge in [0.25, 0.3) is 0 Å². The fraction of sp³-hybridized carbons (Fsp3) is 0.100. The summed E-state index contributed by atoms with van der Waals surface area (Å²) in [6, 6.07) is 6.97. The zero-order chi connectivity index (χ0) is 11.5. The fourth-order valence-electron chi connectivity index (χ4n) is 1.14. The van der Waals surface area contributed by atoms with Crippen LogP contribution in [-0.2, 0) is 4.74 Å². The van der Waals surface area contributed by atoms with E-state index in [2.05, 4.69) is 14.9 Å². The molecule has 2 rings (SSSR count). The van der Waals surface area contributed by atoms with E-state index in [0.717, 1.165) is 0 Å². The molecule has 0 aliphatic heterocycles. The number of carbonyl (C=O) groups excluding carboxylic acids is 1. The normalized spacial score (nSPS) is 10.1. The van der Waals surface area contributed by atoms with Gasteiger partial charge in [0.1, 0.15) is 0 Å². The second-order valence-electron chi connectivity index (χ2n) is 2.88. The van der Waals surface area contributed by atoms with E-state index in [1.807, 2.05) is 0 Å². The summed E-state index contributed by atoms with van der Waals surface area (Å²) in [6.45, 7) is 0. The van der Waals surface area contributed by atoms with Crippen molar-refractivity contribution in [3.63, 3.8) is 0 Å². The topological polar surface area (TPSA) is 65.2 Å². The van der Waals surface area contributed by atoms with Gasteiger partial charge in [-0.3, -0.25) is 0 Å². The van der Waals surface area contributed by atoms with Crippen molar-refractivity contribution in [2.24, 2.45) is 0 Å². The van der Waals surface area contributed by atoms with Crippen LogP contribution in [0.5, 0.6) is 0 Å². The van der Waals surface area contributed by atoms with Crippen LogP contribution in [0.2, 0.25) is 5.02 Å². The van der Waals surface area contributed by atoms with Gasteiger partial charge >= 0.3 is 11.9 Å². The van der Waals surface area contributed by atoms with Crippen LogP contribution >= 0.6 is 11.6 Å². The van der Waals surface area contributed by atoms with Crippen molar-refractivity contribution >= 4 is 17.6 Å². The van der Waals surface area contributed by atoms with Crippen LogP contribution in [-0.4, -0.2) is 23.3 Å². The summed E-state index contributed by atoms with van der Waals surface area (Å²) in [6.07, 6.45) is 0. The maximum Gasteiger partial charge on any atom is 0.396 e. The summed E-state index contributed by atoms with van der Waals surface area (Å²) in [4.78, 5) is 11.1. The molecule has 2 aromatic rings. The smallest absolute Gasteiger partial charge is 0.396 e. The molecule has 0 amide bonds. The molecule has 0 atom stereocenters. The van der Waals surface area contributed by atoms with Crippen LogP contribution in [0.3, 0.4) is 0 Å². The molecule has 0 fully saturated rings. The Morgan fingerprint density at radius 1 is 1.38 bits per heavy atom. The highest BCUT2D eigenvalue weighted by Crippen LogP contribution is 2.26. The minimum absolute atomic E-state index is 0.186. The second kappa shape index (κ2) is 4.32. The molecule has 6 heteroatoms. The number of rotatable bonds is 2. The average Bonchev–Trinajstić information content (AvgIpc) is 2.78. The molecule has 0 aliphatic carbocycles. The lowest BCUT2D eigenvalue weighted by Crippen LogP contribution is -2.00. The first kappa shape index (κ1) is 10.6. The molecule has 16 heavy (non-hydrogen) atoms. The van der Waals surface area contributed by atoms with Crippen LogP contribution in [0.15, 0.2) is 28.7 Å². The Labute approximate surface area is 96.0 Å². The van der Waals surface area contributed by atoms with E-state index in [1.165, 1.54) is 7.11 Å². The average molecular weight is 239 g/mol. The number of ether oxygens (including phenoxy) is 1. The van der Waals surface area contributed by atoms with E-state index in [1.54, 1.807) is 24.3 Å². The van der Waals surface area contributed by atoms with Crippen molar-refractivity contribution in [3.05, 3.63) is 35.2 Å². The summed E-state index contributed by atoms with van der Waals surface area (Å²) in [7, 11) is 1.24. The molecule has 0 N–H and O–H groups in total. The maximum absolute atomic E-state index is 11.1. The lowest BCUT2D eigenvalue weighted by molar-refractivity contribution is 0.0556. The van der Waals surface area contributed by atoms with Gasteiger partial charge in [0.2, 0.25) is 5.89 Å². The number of hydrogen-bond donors (Lipinski definition) is 0. The Bertz CT molecular complexity index is 524. The molecule has 0 radical (unpaired) electrons. The van der Waals surface area contributed by atoms with Crippen molar-refractivity contribution in [1.29, 1.82) is 0 Å². The van der Waals surface area contributed by atoms with Crippen LogP contribution in [0.25, 0.3) is 11.5 Å². The minimum atomic E-state index is -0.675. The first-order valence-corrected chi connectivity index (χ1v) is 4.77. The van der Waals surface area contributed by atoms with Gasteiger partial charge in [0, 0.05) is 0 Å². The molecule has 0 bridgehead atoms. The summed E-state index contributed by atoms with van der Waals surface area (Å²) in [5.74, 6) is -0.686. The van der Waals surface area contributed by atoms with Gasteiger partial charge in [0.15, 0.2) is 0 Å². The largest absolute Gasteiger partial charge is 0.462 e. The Kier molecular flexibility index (Phi) is 2.87. The van der Waals surface area contributed by atoms with Crippen LogP contribution in [0.1, 0.15) is 10.7 Å². The fourth-order valence-corrected chi connectivity index (χ4v) is 1.35. The van der Waals surface area contributed by atoms with Crippen molar-refractivity contribution in [3.8, 4) is 11.5 Å². The maximum atomic E-state index is 11.1. The third kappa shape index (κ3) is 1.90. The van der Waals surface area contributed by atoms with E-state index < -0.39 is 5.97 Å². The molecule has 82 valence electrons. The standard InChI is InChI=1S/C10H7ClN2O3/c1-15-10(14)9-13-12-8(16-9)6-4-2-3-5-7(6)11/h2-5H,1H3. The highest BCUT2D eigenvalue weighted by Gasteiger charge is 2.17. The predicted molar refractivity (Wildman–Crippen MR) is 56.1 cm³/mol. The highest BCUT2D eigenvalue weighted by atomic mass is 35.5. The monoisotopic (exact) mass is 238 g/mol. The zero-order valence-electron chi connectivity index (χ0n) is 8.31. The molecule has 1 heterocycles. The molecule has 0 spiro atoms. The van der Waals surface area contributed by atoms with E-state index >= 15 is 0 Å². The van der Waals surface area contributed by atoms with Gasteiger partial charge in [-0.25, -0.2) is 4.79 Å². The lowest BCUT2D eigenvalue weighted by atomic mass is 10.2. The molecule has 1 aromatic heterocycles.